The normalized spacial score (nSPS) is 22.9. The van der Waals surface area contributed by atoms with Crippen molar-refractivity contribution in [2.45, 2.75) is 30.5 Å². The molecule has 1 aliphatic carbocycles. The lowest BCUT2D eigenvalue weighted by Crippen LogP contribution is -2.31. The average molecular weight is 336 g/mol. The first kappa shape index (κ1) is 13.7. The number of amides is 1. The van der Waals surface area contributed by atoms with Crippen molar-refractivity contribution >= 4 is 32.8 Å². The first-order valence-corrected chi connectivity index (χ1v) is 8.04. The zero-order chi connectivity index (χ0) is 13.9. The molecule has 20 heavy (non-hydrogen) atoms. The lowest BCUT2D eigenvalue weighted by Gasteiger charge is -2.25. The molecule has 4 heteroatoms. The summed E-state index contributed by atoms with van der Waals surface area (Å²) >= 11 is 3.68. The quantitative estimate of drug-likeness (QED) is 0.857. The summed E-state index contributed by atoms with van der Waals surface area (Å²) in [4.78, 5) is 12.9. The van der Waals surface area contributed by atoms with Crippen LogP contribution < -0.4 is 5.32 Å². The van der Waals surface area contributed by atoms with E-state index in [4.69, 9.17) is 4.42 Å². The Balaban J connectivity index is 1.64. The van der Waals surface area contributed by atoms with Crippen molar-refractivity contribution in [3.8, 4) is 0 Å². The van der Waals surface area contributed by atoms with Crippen molar-refractivity contribution in [2.24, 2.45) is 5.92 Å². The van der Waals surface area contributed by atoms with Gasteiger partial charge in [-0.3, -0.25) is 4.79 Å². The Morgan fingerprint density at radius 3 is 3.05 bits per heavy atom. The van der Waals surface area contributed by atoms with Gasteiger partial charge in [0.05, 0.1) is 5.56 Å². The molecule has 1 aliphatic rings. The standard InChI is InChI=1S/C16H18BrNO2/c17-12-5-3-4-11(8-12)9-18-16(19)14-10-20-15-7-2-1-6-13(14)15/h1-2,6-7,10-12H,3-5,8-9H2,(H,18,19). The number of benzene rings is 1. The van der Waals surface area contributed by atoms with E-state index < -0.39 is 0 Å². The van der Waals surface area contributed by atoms with Crippen LogP contribution in [0.3, 0.4) is 0 Å². The first-order chi connectivity index (χ1) is 9.74. The molecule has 2 unspecified atom stereocenters. The van der Waals surface area contributed by atoms with Gasteiger partial charge in [-0.1, -0.05) is 40.5 Å². The van der Waals surface area contributed by atoms with Gasteiger partial charge in [-0.2, -0.15) is 0 Å². The fourth-order valence-corrected chi connectivity index (χ4v) is 3.75. The van der Waals surface area contributed by atoms with Gasteiger partial charge in [-0.05, 0) is 31.2 Å². The third-order valence-electron chi connectivity index (χ3n) is 4.00. The van der Waals surface area contributed by atoms with E-state index in [2.05, 4.69) is 21.2 Å². The van der Waals surface area contributed by atoms with Gasteiger partial charge in [0.2, 0.25) is 0 Å². The Bertz CT molecular complexity index is 607. The SMILES string of the molecule is O=C(NCC1CCCC(Br)C1)c1coc2ccccc12. The largest absolute Gasteiger partial charge is 0.463 e. The number of carbonyl (C=O) groups excluding carboxylic acids is 1. The maximum atomic E-state index is 12.3. The summed E-state index contributed by atoms with van der Waals surface area (Å²) in [5, 5.41) is 3.93. The molecule has 1 fully saturated rings. The van der Waals surface area contributed by atoms with Crippen LogP contribution in [0, 0.1) is 5.92 Å². The molecule has 1 aromatic carbocycles. The highest BCUT2D eigenvalue weighted by molar-refractivity contribution is 9.09. The molecule has 1 heterocycles. The average Bonchev–Trinajstić information content (AvgIpc) is 2.89. The Morgan fingerprint density at radius 1 is 1.35 bits per heavy atom. The Labute approximate surface area is 126 Å². The van der Waals surface area contributed by atoms with Crippen molar-refractivity contribution < 1.29 is 9.21 Å². The van der Waals surface area contributed by atoms with E-state index in [0.29, 0.717) is 16.3 Å². The van der Waals surface area contributed by atoms with Gasteiger partial charge in [0.15, 0.2) is 0 Å². The van der Waals surface area contributed by atoms with Crippen molar-refractivity contribution in [3.63, 3.8) is 0 Å². The summed E-state index contributed by atoms with van der Waals surface area (Å²) in [5.41, 5.74) is 1.39. The second-order valence-electron chi connectivity index (χ2n) is 5.49. The third-order valence-corrected chi connectivity index (χ3v) is 4.83. The highest BCUT2D eigenvalue weighted by Crippen LogP contribution is 2.28. The van der Waals surface area contributed by atoms with Crippen LogP contribution in [0.4, 0.5) is 0 Å². The highest BCUT2D eigenvalue weighted by Gasteiger charge is 2.21. The second kappa shape index (κ2) is 6.00. The van der Waals surface area contributed by atoms with E-state index in [1.54, 1.807) is 6.26 Å². The summed E-state index contributed by atoms with van der Waals surface area (Å²) in [6.45, 7) is 0.750. The molecule has 1 aromatic heterocycles. The van der Waals surface area contributed by atoms with Gasteiger partial charge < -0.3 is 9.73 Å². The summed E-state index contributed by atoms with van der Waals surface area (Å²) in [6.07, 6.45) is 6.39. The molecule has 1 amide bonds. The molecule has 0 aliphatic heterocycles. The molecule has 106 valence electrons. The molecule has 0 radical (unpaired) electrons. The number of fused-ring (bicyclic) bond motifs is 1. The minimum absolute atomic E-state index is 0.0355. The molecular formula is C16H18BrNO2. The number of alkyl halides is 1. The van der Waals surface area contributed by atoms with Gasteiger partial charge >= 0.3 is 0 Å². The molecule has 1 N–H and O–H groups in total. The summed E-state index contributed by atoms with van der Waals surface area (Å²) in [5.74, 6) is 0.543. The molecule has 3 nitrogen and oxygen atoms in total. The molecule has 1 saturated carbocycles. The molecule has 2 atom stereocenters. The molecule has 0 spiro atoms. The summed E-state index contributed by atoms with van der Waals surface area (Å²) in [7, 11) is 0. The molecule has 2 aromatic rings. The molecule has 0 bridgehead atoms. The first-order valence-electron chi connectivity index (χ1n) is 7.12. The molecule has 3 rings (SSSR count). The van der Waals surface area contributed by atoms with Crippen LogP contribution in [0.2, 0.25) is 0 Å². The maximum Gasteiger partial charge on any atom is 0.255 e. The number of nitrogens with one attached hydrogen (secondary N) is 1. The number of rotatable bonds is 3. The van der Waals surface area contributed by atoms with Crippen molar-refractivity contribution in [3.05, 3.63) is 36.1 Å². The third kappa shape index (κ3) is 2.90. The van der Waals surface area contributed by atoms with Crippen LogP contribution in [-0.2, 0) is 0 Å². The Morgan fingerprint density at radius 2 is 2.20 bits per heavy atom. The minimum atomic E-state index is -0.0355. The number of para-hydroxylation sites is 1. The number of carbonyl (C=O) groups is 1. The highest BCUT2D eigenvalue weighted by atomic mass is 79.9. The van der Waals surface area contributed by atoms with E-state index in [-0.39, 0.29) is 5.91 Å². The van der Waals surface area contributed by atoms with Gasteiger partial charge in [0, 0.05) is 16.8 Å². The van der Waals surface area contributed by atoms with E-state index in [0.717, 1.165) is 23.9 Å². The Hall–Kier alpha value is -1.29. The lowest BCUT2D eigenvalue weighted by atomic mass is 9.89. The predicted octanol–water partition coefficient (Wildman–Crippen LogP) is 4.12. The van der Waals surface area contributed by atoms with E-state index in [9.17, 15) is 4.79 Å². The van der Waals surface area contributed by atoms with Crippen LogP contribution in [0.25, 0.3) is 11.0 Å². The minimum Gasteiger partial charge on any atom is -0.463 e. The lowest BCUT2D eigenvalue weighted by molar-refractivity contribution is 0.0944. The van der Waals surface area contributed by atoms with Crippen molar-refractivity contribution in [1.82, 2.24) is 5.32 Å². The van der Waals surface area contributed by atoms with Gasteiger partial charge in [0.1, 0.15) is 11.8 Å². The van der Waals surface area contributed by atoms with Crippen molar-refractivity contribution in [2.75, 3.05) is 6.54 Å². The zero-order valence-corrected chi connectivity index (χ0v) is 12.9. The second-order valence-corrected chi connectivity index (χ2v) is 6.78. The van der Waals surface area contributed by atoms with Crippen LogP contribution >= 0.6 is 15.9 Å². The zero-order valence-electron chi connectivity index (χ0n) is 11.3. The monoisotopic (exact) mass is 335 g/mol. The molecule has 0 saturated heterocycles. The topological polar surface area (TPSA) is 42.2 Å². The fraction of sp³-hybridized carbons (Fsp3) is 0.438. The van der Waals surface area contributed by atoms with Gasteiger partial charge in [0.25, 0.3) is 5.91 Å². The van der Waals surface area contributed by atoms with E-state index in [1.165, 1.54) is 19.3 Å². The smallest absolute Gasteiger partial charge is 0.255 e. The number of furan rings is 1. The number of hydrogen-bond acceptors (Lipinski definition) is 2. The maximum absolute atomic E-state index is 12.3. The summed E-state index contributed by atoms with van der Waals surface area (Å²) < 4.78 is 5.41. The van der Waals surface area contributed by atoms with Crippen LogP contribution in [-0.4, -0.2) is 17.3 Å². The summed E-state index contributed by atoms with van der Waals surface area (Å²) in [6, 6.07) is 7.63. The van der Waals surface area contributed by atoms with Crippen molar-refractivity contribution in [1.29, 1.82) is 0 Å². The number of halogens is 1. The van der Waals surface area contributed by atoms with E-state index >= 15 is 0 Å². The van der Waals surface area contributed by atoms with Crippen LogP contribution in [0.5, 0.6) is 0 Å². The fourth-order valence-electron chi connectivity index (χ4n) is 2.90. The van der Waals surface area contributed by atoms with Gasteiger partial charge in [-0.15, -0.1) is 0 Å². The van der Waals surface area contributed by atoms with Crippen LogP contribution in [0.1, 0.15) is 36.0 Å². The number of hydrogen-bond donors (Lipinski definition) is 1. The van der Waals surface area contributed by atoms with Crippen LogP contribution in [0.15, 0.2) is 34.9 Å². The Kier molecular flexibility index (Phi) is 4.10. The molecular weight excluding hydrogens is 318 g/mol. The van der Waals surface area contributed by atoms with E-state index in [1.807, 2.05) is 24.3 Å². The van der Waals surface area contributed by atoms with Gasteiger partial charge in [-0.25, -0.2) is 0 Å². The predicted molar refractivity (Wildman–Crippen MR) is 83.2 cm³/mol.